The molecule has 7 heteroatoms. The first-order valence-corrected chi connectivity index (χ1v) is 9.91. The summed E-state index contributed by atoms with van der Waals surface area (Å²) in [6.45, 7) is 2.61. The van der Waals surface area contributed by atoms with Gasteiger partial charge in [-0.3, -0.25) is 0 Å². The maximum absolute atomic E-state index is 11.6. The number of nitrogens with one attached hydrogen (secondary N) is 3. The van der Waals surface area contributed by atoms with Crippen LogP contribution in [0.5, 0.6) is 0 Å². The molecule has 1 saturated heterocycles. The number of H-pyrrole nitrogens is 1. The van der Waals surface area contributed by atoms with Gasteiger partial charge in [-0.1, -0.05) is 18.2 Å². The third-order valence-corrected chi connectivity index (χ3v) is 6.42. The Labute approximate surface area is 141 Å². The number of aromatic nitrogens is 1. The Hall–Kier alpha value is -1.60. The molecule has 2 aromatic rings. The van der Waals surface area contributed by atoms with Crippen LogP contribution in [0.3, 0.4) is 0 Å². The van der Waals surface area contributed by atoms with Gasteiger partial charge in [0.1, 0.15) is 0 Å². The van der Waals surface area contributed by atoms with Crippen LogP contribution in [-0.2, 0) is 16.3 Å². The van der Waals surface area contributed by atoms with Gasteiger partial charge in [0.2, 0.25) is 0 Å². The molecule has 23 heavy (non-hydrogen) atoms. The van der Waals surface area contributed by atoms with E-state index in [0.717, 1.165) is 11.9 Å². The van der Waals surface area contributed by atoms with Gasteiger partial charge in [-0.25, -0.2) is 8.42 Å². The Morgan fingerprint density at radius 3 is 2.91 bits per heavy atom. The molecule has 0 amide bonds. The van der Waals surface area contributed by atoms with Crippen molar-refractivity contribution in [2.45, 2.75) is 25.3 Å². The summed E-state index contributed by atoms with van der Waals surface area (Å²) in [5.74, 6) is 0.374. The number of para-hydroxylation sites is 1. The number of fused-ring (bicyclic) bond motifs is 1. The van der Waals surface area contributed by atoms with Crippen LogP contribution in [0.4, 0.5) is 0 Å². The highest BCUT2D eigenvalue weighted by Gasteiger charge is 2.38. The van der Waals surface area contributed by atoms with Crippen LogP contribution in [-0.4, -0.2) is 42.1 Å². The first-order valence-electron chi connectivity index (χ1n) is 7.68. The molecule has 1 atom stereocenters. The highest BCUT2D eigenvalue weighted by Crippen LogP contribution is 2.22. The van der Waals surface area contributed by atoms with E-state index in [-0.39, 0.29) is 11.5 Å². The molecule has 0 aliphatic carbocycles. The molecule has 0 spiro atoms. The second-order valence-corrected chi connectivity index (χ2v) is 8.99. The van der Waals surface area contributed by atoms with Gasteiger partial charge in [-0.15, -0.1) is 0 Å². The molecule has 0 unspecified atom stereocenters. The number of benzene rings is 1. The van der Waals surface area contributed by atoms with E-state index in [1.165, 1.54) is 10.9 Å². The second kappa shape index (κ2) is 6.13. The van der Waals surface area contributed by atoms with Crippen molar-refractivity contribution in [2.75, 3.05) is 18.1 Å². The van der Waals surface area contributed by atoms with Gasteiger partial charge in [-0.05, 0) is 43.6 Å². The van der Waals surface area contributed by atoms with Gasteiger partial charge in [0, 0.05) is 23.6 Å². The number of sulfone groups is 1. The average molecular weight is 351 g/mol. The van der Waals surface area contributed by atoms with Gasteiger partial charge < -0.3 is 15.6 Å². The van der Waals surface area contributed by atoms with Crippen molar-refractivity contribution in [2.24, 2.45) is 0 Å². The first-order chi connectivity index (χ1) is 10.9. The molecule has 3 rings (SSSR count). The lowest BCUT2D eigenvalue weighted by Gasteiger charge is -2.25. The van der Waals surface area contributed by atoms with E-state index in [1.807, 2.05) is 25.3 Å². The molecule has 1 aromatic heterocycles. The predicted octanol–water partition coefficient (Wildman–Crippen LogP) is 1.75. The van der Waals surface area contributed by atoms with Gasteiger partial charge >= 0.3 is 0 Å². The normalized spacial score (nSPS) is 23.0. The third-order valence-electron chi connectivity index (χ3n) is 4.27. The summed E-state index contributed by atoms with van der Waals surface area (Å²) in [5, 5.41) is 8.08. The van der Waals surface area contributed by atoms with Crippen molar-refractivity contribution in [3.63, 3.8) is 0 Å². The Morgan fingerprint density at radius 1 is 1.39 bits per heavy atom. The Balaban J connectivity index is 1.52. The average Bonchev–Trinajstić information content (AvgIpc) is 3.00. The highest BCUT2D eigenvalue weighted by atomic mass is 32.2. The fraction of sp³-hybridized carbons (Fsp3) is 0.438. The van der Waals surface area contributed by atoms with Crippen LogP contribution in [0.1, 0.15) is 18.9 Å². The van der Waals surface area contributed by atoms with E-state index in [2.05, 4.69) is 27.8 Å². The largest absolute Gasteiger partial charge is 0.362 e. The van der Waals surface area contributed by atoms with Crippen molar-refractivity contribution in [1.82, 2.24) is 15.6 Å². The van der Waals surface area contributed by atoms with E-state index in [1.54, 1.807) is 0 Å². The van der Waals surface area contributed by atoms with Crippen LogP contribution in [0, 0.1) is 0 Å². The number of rotatable bonds is 4. The summed E-state index contributed by atoms with van der Waals surface area (Å²) in [5.41, 5.74) is 1.92. The van der Waals surface area contributed by atoms with Gasteiger partial charge in [0.25, 0.3) is 0 Å². The highest BCUT2D eigenvalue weighted by molar-refractivity contribution is 7.91. The van der Waals surface area contributed by atoms with E-state index < -0.39 is 15.4 Å². The smallest absolute Gasteiger partial charge is 0.166 e. The zero-order valence-electron chi connectivity index (χ0n) is 13.1. The molecule has 1 fully saturated rings. The zero-order valence-corrected chi connectivity index (χ0v) is 14.7. The number of thiocarbonyl (C=S) groups is 1. The fourth-order valence-electron chi connectivity index (χ4n) is 3.08. The zero-order chi connectivity index (χ0) is 16.5. The van der Waals surface area contributed by atoms with Crippen molar-refractivity contribution < 1.29 is 8.42 Å². The summed E-state index contributed by atoms with van der Waals surface area (Å²) >= 11 is 5.30. The standard InChI is InChI=1S/C16H21N3O2S2/c1-16(7-9-23(20,21)11-16)19-15(22)17-8-6-12-10-18-14-5-3-2-4-13(12)14/h2-5,10,18H,6-9,11H2,1H3,(H2,17,19,22)/t16-/m1/s1. The van der Waals surface area contributed by atoms with Crippen LogP contribution >= 0.6 is 12.2 Å². The molecule has 1 aliphatic heterocycles. The molecule has 0 saturated carbocycles. The number of hydrogen-bond donors (Lipinski definition) is 3. The lowest BCUT2D eigenvalue weighted by molar-refractivity contribution is 0.468. The second-order valence-electron chi connectivity index (χ2n) is 6.39. The molecular weight excluding hydrogens is 330 g/mol. The molecular formula is C16H21N3O2S2. The van der Waals surface area contributed by atoms with Crippen molar-refractivity contribution in [3.8, 4) is 0 Å². The van der Waals surface area contributed by atoms with Gasteiger partial charge in [0.15, 0.2) is 14.9 Å². The molecule has 1 aromatic carbocycles. The lowest BCUT2D eigenvalue weighted by Crippen LogP contribution is -2.51. The van der Waals surface area contributed by atoms with E-state index in [0.29, 0.717) is 18.1 Å². The summed E-state index contributed by atoms with van der Waals surface area (Å²) in [6.07, 6.45) is 3.47. The van der Waals surface area contributed by atoms with Crippen LogP contribution < -0.4 is 10.6 Å². The van der Waals surface area contributed by atoms with Crippen molar-refractivity contribution in [1.29, 1.82) is 0 Å². The Kier molecular flexibility index (Phi) is 4.33. The minimum absolute atomic E-state index is 0.143. The third kappa shape index (κ3) is 3.84. The minimum Gasteiger partial charge on any atom is -0.362 e. The summed E-state index contributed by atoms with van der Waals surface area (Å²) in [7, 11) is -2.93. The fourth-order valence-corrected chi connectivity index (χ4v) is 5.52. The molecule has 2 heterocycles. The van der Waals surface area contributed by atoms with Crippen molar-refractivity contribution >= 4 is 38.1 Å². The minimum atomic E-state index is -2.93. The molecule has 0 radical (unpaired) electrons. The maximum atomic E-state index is 11.6. The van der Waals surface area contributed by atoms with Gasteiger partial charge in [-0.2, -0.15) is 0 Å². The van der Waals surface area contributed by atoms with Crippen LogP contribution in [0.15, 0.2) is 30.5 Å². The van der Waals surface area contributed by atoms with E-state index >= 15 is 0 Å². The van der Waals surface area contributed by atoms with E-state index in [9.17, 15) is 8.42 Å². The molecule has 1 aliphatic rings. The first kappa shape index (κ1) is 16.3. The topological polar surface area (TPSA) is 74.0 Å². The summed E-state index contributed by atoms with van der Waals surface area (Å²) in [4.78, 5) is 3.26. The Morgan fingerprint density at radius 2 is 2.17 bits per heavy atom. The summed E-state index contributed by atoms with van der Waals surface area (Å²) < 4.78 is 23.2. The van der Waals surface area contributed by atoms with Crippen LogP contribution in [0.2, 0.25) is 0 Å². The monoisotopic (exact) mass is 351 g/mol. The molecule has 3 N–H and O–H groups in total. The predicted molar refractivity (Wildman–Crippen MR) is 97.4 cm³/mol. The molecule has 5 nitrogen and oxygen atoms in total. The number of hydrogen-bond acceptors (Lipinski definition) is 3. The maximum Gasteiger partial charge on any atom is 0.166 e. The van der Waals surface area contributed by atoms with E-state index in [4.69, 9.17) is 12.2 Å². The quantitative estimate of drug-likeness (QED) is 0.732. The summed E-state index contributed by atoms with van der Waals surface area (Å²) in [6, 6.07) is 8.19. The number of aromatic amines is 1. The van der Waals surface area contributed by atoms with Gasteiger partial charge in [0.05, 0.1) is 17.0 Å². The molecule has 124 valence electrons. The van der Waals surface area contributed by atoms with Crippen LogP contribution in [0.25, 0.3) is 10.9 Å². The SMILES string of the molecule is C[C@@]1(NC(=S)NCCc2c[nH]c3ccccc23)CCS(=O)(=O)C1. The lowest BCUT2D eigenvalue weighted by atomic mass is 10.0. The van der Waals surface area contributed by atoms with Crippen molar-refractivity contribution in [3.05, 3.63) is 36.0 Å². The molecule has 0 bridgehead atoms. The Bertz CT molecular complexity index is 829.